The number of rotatable bonds is 14. The summed E-state index contributed by atoms with van der Waals surface area (Å²) < 4.78 is 18.4. The van der Waals surface area contributed by atoms with Gasteiger partial charge in [-0.15, -0.1) is 0 Å². The van der Waals surface area contributed by atoms with E-state index < -0.39 is 13.6 Å². The van der Waals surface area contributed by atoms with Crippen molar-refractivity contribution in [3.8, 4) is 17.1 Å². The van der Waals surface area contributed by atoms with Crippen molar-refractivity contribution in [3.63, 3.8) is 0 Å². The van der Waals surface area contributed by atoms with Crippen molar-refractivity contribution in [3.05, 3.63) is 60.5 Å². The molecule has 4 rings (SSSR count). The molecule has 0 saturated carbocycles. The molecule has 0 spiro atoms. The number of allylic oxidation sites excluding steroid dienone is 1. The van der Waals surface area contributed by atoms with Crippen molar-refractivity contribution in [2.24, 2.45) is 0 Å². The number of hydrogen-bond acceptors (Lipinski definition) is 8. The summed E-state index contributed by atoms with van der Waals surface area (Å²) in [4.78, 5) is 34.4. The summed E-state index contributed by atoms with van der Waals surface area (Å²) in [5.74, 6) is 1.14. The minimum atomic E-state index is -1.25. The Morgan fingerprint density at radius 3 is 2.85 bits per heavy atom. The Labute approximate surface area is 236 Å². The summed E-state index contributed by atoms with van der Waals surface area (Å²) in [6.45, 7) is 7.96. The van der Waals surface area contributed by atoms with Gasteiger partial charge in [0.25, 0.3) is 0 Å². The van der Waals surface area contributed by atoms with E-state index in [0.29, 0.717) is 56.3 Å². The molecule has 10 nitrogen and oxygen atoms in total. The zero-order valence-corrected chi connectivity index (χ0v) is 24.8. The monoisotopic (exact) mass is 565 g/mol. The molecular weight excluding hydrogens is 526 g/mol. The molecule has 4 heterocycles. The highest BCUT2D eigenvalue weighted by atomic mass is 28.3. The molecule has 1 aliphatic rings. The standard InChI is InChI=1S/C29H39N5O5Si/c1-37-27-22(10-9-16-30-27)24-20-34(21-38-18-19-40(2,3)4)28(31-24)29(15-8-12-26(36)32-29)14-7-5-6-11-25(35)23-13-17-39-33-23/h5,7,9-10,13,16-17,20H,6,8,11-12,14-15,18-19,21H2,1-4H3,(H,32,36). The first-order chi connectivity index (χ1) is 19.2. The lowest BCUT2D eigenvalue weighted by Crippen LogP contribution is -2.50. The van der Waals surface area contributed by atoms with Gasteiger partial charge in [0.2, 0.25) is 11.8 Å². The number of pyridine rings is 1. The molecule has 1 amide bonds. The molecule has 1 N–H and O–H groups in total. The third kappa shape index (κ3) is 7.54. The SMILES string of the molecule is COc1ncccc1-c1cn(COCC[Si](C)(C)C)c(C2(CC=CCCC(=O)c3ccon3)CCCC(=O)N2)n1. The average molecular weight is 566 g/mol. The van der Waals surface area contributed by atoms with E-state index in [9.17, 15) is 9.59 Å². The third-order valence-electron chi connectivity index (χ3n) is 6.95. The molecule has 1 atom stereocenters. The van der Waals surface area contributed by atoms with Gasteiger partial charge in [0.1, 0.15) is 30.1 Å². The lowest BCUT2D eigenvalue weighted by molar-refractivity contribution is -0.125. The minimum absolute atomic E-state index is 0.00410. The maximum absolute atomic E-state index is 12.7. The van der Waals surface area contributed by atoms with Crippen molar-refractivity contribution in [1.82, 2.24) is 25.0 Å². The van der Waals surface area contributed by atoms with Gasteiger partial charge in [0.05, 0.1) is 18.4 Å². The Bertz CT molecular complexity index is 1310. The predicted molar refractivity (Wildman–Crippen MR) is 154 cm³/mol. The number of aromatic nitrogens is 4. The Balaban J connectivity index is 1.60. The summed E-state index contributed by atoms with van der Waals surface area (Å²) in [6.07, 6.45) is 12.4. The van der Waals surface area contributed by atoms with E-state index in [1.807, 2.05) is 35.0 Å². The Hall–Kier alpha value is -3.57. The molecule has 1 aliphatic heterocycles. The fraction of sp³-hybridized carbons (Fsp3) is 0.483. The smallest absolute Gasteiger partial charge is 0.222 e. The van der Waals surface area contributed by atoms with Crippen LogP contribution in [0.25, 0.3) is 11.3 Å². The van der Waals surface area contributed by atoms with Crippen LogP contribution >= 0.6 is 0 Å². The van der Waals surface area contributed by atoms with Crippen LogP contribution in [0.4, 0.5) is 0 Å². The van der Waals surface area contributed by atoms with Crippen LogP contribution in [0.1, 0.15) is 54.8 Å². The fourth-order valence-electron chi connectivity index (χ4n) is 4.77. The summed E-state index contributed by atoms with van der Waals surface area (Å²) in [5, 5.41) is 6.97. The second-order valence-corrected chi connectivity index (χ2v) is 17.0. The number of methoxy groups -OCH3 is 1. The van der Waals surface area contributed by atoms with Crippen LogP contribution < -0.4 is 10.1 Å². The van der Waals surface area contributed by atoms with E-state index in [0.717, 1.165) is 30.3 Å². The van der Waals surface area contributed by atoms with Crippen LogP contribution in [-0.4, -0.2) is 53.2 Å². The molecule has 1 saturated heterocycles. The van der Waals surface area contributed by atoms with Crippen LogP contribution in [0.15, 0.2) is 53.5 Å². The molecular formula is C29H39N5O5Si. The quantitative estimate of drug-likeness (QED) is 0.120. The number of piperidine rings is 1. The predicted octanol–water partition coefficient (Wildman–Crippen LogP) is 5.36. The van der Waals surface area contributed by atoms with E-state index in [1.165, 1.54) is 6.26 Å². The van der Waals surface area contributed by atoms with E-state index in [1.54, 1.807) is 19.4 Å². The van der Waals surface area contributed by atoms with Crippen molar-refractivity contribution in [1.29, 1.82) is 0 Å². The zero-order valence-electron chi connectivity index (χ0n) is 23.8. The molecule has 11 heteroatoms. The average Bonchev–Trinajstić information content (AvgIpc) is 3.61. The number of nitrogens with one attached hydrogen (secondary N) is 1. The zero-order chi connectivity index (χ0) is 28.6. The highest BCUT2D eigenvalue weighted by Crippen LogP contribution is 2.37. The molecule has 3 aromatic heterocycles. The number of nitrogens with zero attached hydrogens (tertiary/aromatic N) is 4. The van der Waals surface area contributed by atoms with Gasteiger partial charge in [0.15, 0.2) is 5.78 Å². The van der Waals surface area contributed by atoms with Crippen LogP contribution in [0, 0.1) is 0 Å². The highest BCUT2D eigenvalue weighted by Gasteiger charge is 2.40. The third-order valence-corrected chi connectivity index (χ3v) is 8.66. The van der Waals surface area contributed by atoms with Gasteiger partial charge in [-0.05, 0) is 43.9 Å². The highest BCUT2D eigenvalue weighted by molar-refractivity contribution is 6.76. The number of hydrogen-bond donors (Lipinski definition) is 1. The van der Waals surface area contributed by atoms with Crippen molar-refractivity contribution >= 4 is 19.8 Å². The topological polar surface area (TPSA) is 121 Å². The first kappa shape index (κ1) is 29.4. The second kappa shape index (κ2) is 13.2. The summed E-state index contributed by atoms with van der Waals surface area (Å²) in [7, 11) is 0.337. The van der Waals surface area contributed by atoms with Crippen molar-refractivity contribution < 1.29 is 23.6 Å². The van der Waals surface area contributed by atoms with Crippen LogP contribution in [0.2, 0.25) is 25.7 Å². The van der Waals surface area contributed by atoms with Gasteiger partial charge in [-0.3, -0.25) is 9.59 Å². The fourth-order valence-corrected chi connectivity index (χ4v) is 5.53. The van der Waals surface area contributed by atoms with E-state index in [-0.39, 0.29) is 11.7 Å². The lowest BCUT2D eigenvalue weighted by atomic mass is 9.84. The van der Waals surface area contributed by atoms with Crippen LogP contribution in [-0.2, 0) is 21.8 Å². The lowest BCUT2D eigenvalue weighted by Gasteiger charge is -2.37. The molecule has 214 valence electrons. The van der Waals surface area contributed by atoms with E-state index >= 15 is 0 Å². The van der Waals surface area contributed by atoms with Gasteiger partial charge >= 0.3 is 0 Å². The number of carbonyl (C=O) groups is 2. The second-order valence-electron chi connectivity index (χ2n) is 11.3. The largest absolute Gasteiger partial charge is 0.481 e. The molecule has 3 aromatic rings. The summed E-state index contributed by atoms with van der Waals surface area (Å²) >= 11 is 0. The van der Waals surface area contributed by atoms with Gasteiger partial charge in [-0.2, -0.15) is 0 Å². The van der Waals surface area contributed by atoms with E-state index in [2.05, 4.69) is 35.1 Å². The van der Waals surface area contributed by atoms with Gasteiger partial charge in [0, 0.05) is 46.0 Å². The van der Waals surface area contributed by atoms with Crippen LogP contribution in [0.3, 0.4) is 0 Å². The van der Waals surface area contributed by atoms with Gasteiger partial charge < -0.3 is 23.9 Å². The first-order valence-electron chi connectivity index (χ1n) is 13.8. The Kier molecular flexibility index (Phi) is 9.70. The number of ether oxygens (including phenoxy) is 2. The van der Waals surface area contributed by atoms with Gasteiger partial charge in [-0.25, -0.2) is 9.97 Å². The van der Waals surface area contributed by atoms with E-state index in [4.69, 9.17) is 19.0 Å². The number of amides is 1. The van der Waals surface area contributed by atoms with Crippen molar-refractivity contribution in [2.45, 2.75) is 76.5 Å². The summed E-state index contributed by atoms with van der Waals surface area (Å²) in [6, 6.07) is 6.39. The van der Waals surface area contributed by atoms with Gasteiger partial charge in [-0.1, -0.05) is 36.9 Å². The number of carbonyl (C=O) groups excluding carboxylic acids is 2. The first-order valence-corrected chi connectivity index (χ1v) is 17.5. The number of imidazole rings is 1. The number of ketones is 1. The van der Waals surface area contributed by atoms with Crippen LogP contribution in [0.5, 0.6) is 5.88 Å². The Morgan fingerprint density at radius 2 is 2.12 bits per heavy atom. The Morgan fingerprint density at radius 1 is 1.27 bits per heavy atom. The minimum Gasteiger partial charge on any atom is -0.481 e. The maximum atomic E-state index is 12.7. The van der Waals surface area contributed by atoms with Crippen molar-refractivity contribution in [2.75, 3.05) is 13.7 Å². The molecule has 0 aliphatic carbocycles. The molecule has 40 heavy (non-hydrogen) atoms. The maximum Gasteiger partial charge on any atom is 0.222 e. The molecule has 1 fully saturated rings. The number of Topliss-reactive ketones (excluding diaryl/α,β-unsaturated/α-hetero) is 1. The molecule has 0 bridgehead atoms. The summed E-state index contributed by atoms with van der Waals surface area (Å²) in [5.41, 5.74) is 1.10. The normalized spacial score (nSPS) is 17.8. The molecule has 0 radical (unpaired) electrons. The molecule has 0 aromatic carbocycles. The molecule has 1 unspecified atom stereocenters.